The molecule has 1 aromatic rings. The van der Waals surface area contributed by atoms with Gasteiger partial charge in [0.05, 0.1) is 6.54 Å². The van der Waals surface area contributed by atoms with Gasteiger partial charge in [-0.1, -0.05) is 44.5 Å². The average molecular weight is 340 g/mol. The smallest absolute Gasteiger partial charge is 0.227 e. The summed E-state index contributed by atoms with van der Waals surface area (Å²) in [6.07, 6.45) is 1.86. The topological polar surface area (TPSA) is 53.2 Å². The molecule has 0 radical (unpaired) electrons. The van der Waals surface area contributed by atoms with Crippen LogP contribution in [0.2, 0.25) is 0 Å². The fourth-order valence-electron chi connectivity index (χ4n) is 1.86. The highest BCUT2D eigenvalue weighted by atomic mass is 35.5. The number of hydrogen-bond donors (Lipinski definition) is 3. The van der Waals surface area contributed by atoms with Gasteiger partial charge in [-0.2, -0.15) is 0 Å². The van der Waals surface area contributed by atoms with Crippen LogP contribution in [0.4, 0.5) is 11.4 Å². The van der Waals surface area contributed by atoms with Gasteiger partial charge in [0.15, 0.2) is 5.11 Å². The lowest BCUT2D eigenvalue weighted by Gasteiger charge is -2.13. The number of anilines is 2. The van der Waals surface area contributed by atoms with Crippen LogP contribution in [0.25, 0.3) is 0 Å². The zero-order valence-corrected chi connectivity index (χ0v) is 14.5. The largest absolute Gasteiger partial charge is 0.357 e. The molecule has 1 aromatic carbocycles. The molecule has 1 unspecified atom stereocenters. The number of halogens is 1. The van der Waals surface area contributed by atoms with Gasteiger partial charge in [-0.05, 0) is 36.8 Å². The molecule has 0 aliphatic carbocycles. The van der Waals surface area contributed by atoms with Gasteiger partial charge >= 0.3 is 0 Å². The van der Waals surface area contributed by atoms with Crippen molar-refractivity contribution < 1.29 is 4.79 Å². The van der Waals surface area contributed by atoms with Crippen LogP contribution < -0.4 is 16.0 Å². The normalized spacial score (nSPS) is 11.4. The number of carbonyl (C=O) groups excluding carboxylic acids is 1. The third-order valence-electron chi connectivity index (χ3n) is 3.00. The predicted molar refractivity (Wildman–Crippen MR) is 98.4 cm³/mol. The lowest BCUT2D eigenvalue weighted by atomic mass is 10.1. The molecule has 3 N–H and O–H groups in total. The van der Waals surface area contributed by atoms with Crippen molar-refractivity contribution >= 4 is 46.2 Å². The molecule has 0 fully saturated rings. The first-order valence-electron chi connectivity index (χ1n) is 7.21. The Morgan fingerprint density at radius 3 is 2.59 bits per heavy atom. The third-order valence-corrected chi connectivity index (χ3v) is 3.38. The van der Waals surface area contributed by atoms with Crippen molar-refractivity contribution in [2.75, 3.05) is 17.2 Å². The minimum absolute atomic E-state index is 0.000841. The van der Waals surface area contributed by atoms with Crippen LogP contribution in [-0.2, 0) is 4.79 Å². The zero-order chi connectivity index (χ0) is 16.5. The molecule has 0 spiro atoms. The van der Waals surface area contributed by atoms with Crippen molar-refractivity contribution in [2.45, 2.75) is 26.7 Å². The average Bonchev–Trinajstić information content (AvgIpc) is 2.45. The van der Waals surface area contributed by atoms with E-state index in [4.69, 9.17) is 23.8 Å². The van der Waals surface area contributed by atoms with Crippen molar-refractivity contribution in [2.24, 2.45) is 5.92 Å². The quantitative estimate of drug-likeness (QED) is 0.655. The number of rotatable bonds is 7. The minimum Gasteiger partial charge on any atom is -0.357 e. The van der Waals surface area contributed by atoms with Gasteiger partial charge in [0.25, 0.3) is 0 Å². The summed E-state index contributed by atoms with van der Waals surface area (Å²) >= 11 is 10.8. The summed E-state index contributed by atoms with van der Waals surface area (Å²) < 4.78 is 0. The standard InChI is InChI=1S/C16H22ClN3OS/c1-4-6-11(2)15(21)19-13-7-5-8-14(9-13)20-16(22)18-10-12(3)17/h5,7-9,11H,3-4,6,10H2,1-2H3,(H,19,21)(H2,18,20,22). The lowest BCUT2D eigenvalue weighted by Crippen LogP contribution is -2.29. The highest BCUT2D eigenvalue weighted by molar-refractivity contribution is 7.80. The molecule has 1 atom stereocenters. The van der Waals surface area contributed by atoms with Crippen molar-refractivity contribution in [3.8, 4) is 0 Å². The van der Waals surface area contributed by atoms with E-state index >= 15 is 0 Å². The fraction of sp³-hybridized carbons (Fsp3) is 0.375. The van der Waals surface area contributed by atoms with Crippen molar-refractivity contribution in [3.63, 3.8) is 0 Å². The van der Waals surface area contributed by atoms with Crippen LogP contribution in [0.5, 0.6) is 0 Å². The van der Waals surface area contributed by atoms with E-state index in [0.29, 0.717) is 16.7 Å². The van der Waals surface area contributed by atoms with E-state index < -0.39 is 0 Å². The van der Waals surface area contributed by atoms with Crippen LogP contribution in [0.3, 0.4) is 0 Å². The second kappa shape index (κ2) is 9.43. The molecule has 120 valence electrons. The van der Waals surface area contributed by atoms with Crippen molar-refractivity contribution in [1.82, 2.24) is 5.32 Å². The van der Waals surface area contributed by atoms with Gasteiger partial charge in [-0.15, -0.1) is 0 Å². The van der Waals surface area contributed by atoms with Crippen LogP contribution in [0.1, 0.15) is 26.7 Å². The van der Waals surface area contributed by atoms with E-state index in [0.717, 1.165) is 24.2 Å². The molecule has 0 heterocycles. The summed E-state index contributed by atoms with van der Waals surface area (Å²) in [6, 6.07) is 7.40. The van der Waals surface area contributed by atoms with E-state index in [9.17, 15) is 4.79 Å². The first kappa shape index (κ1) is 18.5. The Hall–Kier alpha value is -1.59. The van der Waals surface area contributed by atoms with E-state index in [1.807, 2.05) is 31.2 Å². The van der Waals surface area contributed by atoms with E-state index in [1.54, 1.807) is 0 Å². The molecule has 1 amide bonds. The number of amides is 1. The molecule has 0 saturated heterocycles. The van der Waals surface area contributed by atoms with Crippen LogP contribution in [0.15, 0.2) is 35.9 Å². The molecule has 0 aromatic heterocycles. The predicted octanol–water partition coefficient (Wildman–Crippen LogP) is 4.10. The van der Waals surface area contributed by atoms with E-state index in [-0.39, 0.29) is 11.8 Å². The van der Waals surface area contributed by atoms with Gasteiger partial charge < -0.3 is 16.0 Å². The Morgan fingerprint density at radius 1 is 1.36 bits per heavy atom. The van der Waals surface area contributed by atoms with Gasteiger partial charge in [-0.3, -0.25) is 4.79 Å². The summed E-state index contributed by atoms with van der Waals surface area (Å²) in [5.41, 5.74) is 1.53. The van der Waals surface area contributed by atoms with E-state index in [1.165, 1.54) is 0 Å². The fourth-order valence-corrected chi connectivity index (χ4v) is 2.11. The third kappa shape index (κ3) is 6.91. The Bertz CT molecular complexity index is 548. The van der Waals surface area contributed by atoms with Crippen molar-refractivity contribution in [1.29, 1.82) is 0 Å². The maximum Gasteiger partial charge on any atom is 0.227 e. The Labute approximate surface area is 142 Å². The molecule has 1 rings (SSSR count). The molecule has 4 nitrogen and oxygen atoms in total. The SMILES string of the molecule is C=C(Cl)CNC(=S)Nc1cccc(NC(=O)C(C)CCC)c1. The molecule has 6 heteroatoms. The summed E-state index contributed by atoms with van der Waals surface area (Å²) in [4.78, 5) is 12.0. The summed E-state index contributed by atoms with van der Waals surface area (Å²) in [5, 5.41) is 9.80. The lowest BCUT2D eigenvalue weighted by molar-refractivity contribution is -0.119. The molecule has 0 bridgehead atoms. The summed E-state index contributed by atoms with van der Waals surface area (Å²) in [5.74, 6) is 0.0252. The van der Waals surface area contributed by atoms with Crippen molar-refractivity contribution in [3.05, 3.63) is 35.9 Å². The first-order chi connectivity index (χ1) is 10.4. The van der Waals surface area contributed by atoms with Crippen LogP contribution in [-0.4, -0.2) is 17.6 Å². The number of nitrogens with one attached hydrogen (secondary N) is 3. The van der Waals surface area contributed by atoms with Gasteiger partial charge in [-0.25, -0.2) is 0 Å². The van der Waals surface area contributed by atoms with Gasteiger partial charge in [0.2, 0.25) is 5.91 Å². The molecule has 0 saturated carbocycles. The Balaban J connectivity index is 2.60. The highest BCUT2D eigenvalue weighted by Gasteiger charge is 2.11. The maximum atomic E-state index is 12.0. The van der Waals surface area contributed by atoms with Gasteiger partial charge in [0.1, 0.15) is 0 Å². The monoisotopic (exact) mass is 339 g/mol. The Kier molecular flexibility index (Phi) is 7.91. The number of benzene rings is 1. The van der Waals surface area contributed by atoms with Crippen LogP contribution >= 0.6 is 23.8 Å². The second-order valence-electron chi connectivity index (χ2n) is 5.08. The number of thiocarbonyl (C=S) groups is 1. The van der Waals surface area contributed by atoms with Gasteiger partial charge in [0, 0.05) is 22.3 Å². The molecule has 0 aliphatic heterocycles. The highest BCUT2D eigenvalue weighted by Crippen LogP contribution is 2.17. The second-order valence-corrected chi connectivity index (χ2v) is 6.03. The summed E-state index contributed by atoms with van der Waals surface area (Å²) in [6.45, 7) is 7.98. The molecule has 22 heavy (non-hydrogen) atoms. The maximum absolute atomic E-state index is 12.0. The number of carbonyl (C=O) groups is 1. The molecular weight excluding hydrogens is 318 g/mol. The first-order valence-corrected chi connectivity index (χ1v) is 8.00. The minimum atomic E-state index is -0.000841. The zero-order valence-electron chi connectivity index (χ0n) is 12.9. The summed E-state index contributed by atoms with van der Waals surface area (Å²) in [7, 11) is 0. The molecular formula is C16H22ClN3OS. The van der Waals surface area contributed by atoms with Crippen LogP contribution in [0, 0.1) is 5.92 Å². The molecule has 0 aliphatic rings. The van der Waals surface area contributed by atoms with E-state index in [2.05, 4.69) is 29.5 Å². The Morgan fingerprint density at radius 2 is 2.00 bits per heavy atom. The number of hydrogen-bond acceptors (Lipinski definition) is 2.